The molecule has 0 atom stereocenters. The molecule has 2 aliphatic heterocycles. The van der Waals surface area contributed by atoms with Crippen LogP contribution in [0.3, 0.4) is 0 Å². The van der Waals surface area contributed by atoms with Crippen LogP contribution in [0.1, 0.15) is 53.4 Å². The number of rotatable bonds is 14. The average Bonchev–Trinajstić information content (AvgIpc) is 3.00. The zero-order chi connectivity index (χ0) is 36.6. The van der Waals surface area contributed by atoms with Crippen LogP contribution in [0.4, 0.5) is 31.1 Å². The van der Waals surface area contributed by atoms with E-state index in [-0.39, 0.29) is 23.7 Å². The number of ether oxygens (including phenoxy) is 6. The normalized spacial score (nSPS) is 17.6. The third kappa shape index (κ3) is 14.3. The average molecular weight is 721 g/mol. The summed E-state index contributed by atoms with van der Waals surface area (Å²) in [5.41, 5.74) is -1.63. The molecule has 0 aromatic heterocycles. The molecule has 280 valence electrons. The fraction of sp³-hybridized carbons (Fsp3) is 0.629. The number of carbonyl (C=O) groups excluding carboxylic acids is 1. The monoisotopic (exact) mass is 720 g/mol. The first-order valence-corrected chi connectivity index (χ1v) is 16.6. The van der Waals surface area contributed by atoms with E-state index in [1.54, 1.807) is 24.3 Å². The predicted octanol–water partition coefficient (Wildman–Crippen LogP) is 7.67. The summed E-state index contributed by atoms with van der Waals surface area (Å²) < 4.78 is 107. The van der Waals surface area contributed by atoms with Gasteiger partial charge < -0.3 is 28.4 Å². The van der Waals surface area contributed by atoms with Crippen LogP contribution in [-0.2, 0) is 9.47 Å². The van der Waals surface area contributed by atoms with Crippen molar-refractivity contribution in [3.8, 4) is 23.0 Å². The van der Waals surface area contributed by atoms with Gasteiger partial charge in [-0.05, 0) is 102 Å². The SMILES string of the molecule is CC(C)(CN1CCC(Oc2ccc(OCC(F)(F)F)cc2)CC1)OC(=O)OC(C)(C)CN1CCC(Oc2ccc(OCC(F)(F)F)cc2)CC1. The Kier molecular flexibility index (Phi) is 13.0. The lowest BCUT2D eigenvalue weighted by Gasteiger charge is -2.38. The number of carbonyl (C=O) groups is 1. The van der Waals surface area contributed by atoms with E-state index < -0.39 is 42.9 Å². The molecule has 0 bridgehead atoms. The molecule has 2 heterocycles. The Bertz CT molecular complexity index is 1240. The smallest absolute Gasteiger partial charge is 0.490 e. The number of hydrogen-bond acceptors (Lipinski definition) is 9. The third-order valence-electron chi connectivity index (χ3n) is 8.06. The summed E-state index contributed by atoms with van der Waals surface area (Å²) in [7, 11) is 0. The molecule has 15 heteroatoms. The number of likely N-dealkylation sites (tertiary alicyclic amines) is 2. The maximum absolute atomic E-state index is 12.8. The summed E-state index contributed by atoms with van der Waals surface area (Å²) in [5.74, 6) is 1.35. The first-order valence-electron chi connectivity index (χ1n) is 16.6. The molecule has 0 unspecified atom stereocenters. The maximum Gasteiger partial charge on any atom is 0.509 e. The summed E-state index contributed by atoms with van der Waals surface area (Å²) in [6.07, 6.45) is -6.74. The van der Waals surface area contributed by atoms with Gasteiger partial charge in [0.25, 0.3) is 0 Å². The molecule has 0 saturated carbocycles. The van der Waals surface area contributed by atoms with Crippen molar-refractivity contribution in [3.63, 3.8) is 0 Å². The lowest BCUT2D eigenvalue weighted by molar-refractivity contribution is -0.154. The van der Waals surface area contributed by atoms with Crippen LogP contribution < -0.4 is 18.9 Å². The summed E-state index contributed by atoms with van der Waals surface area (Å²) in [6.45, 7) is 8.49. The Balaban J connectivity index is 1.12. The lowest BCUT2D eigenvalue weighted by atomic mass is 10.0. The van der Waals surface area contributed by atoms with Gasteiger partial charge in [-0.1, -0.05) is 0 Å². The van der Waals surface area contributed by atoms with Crippen molar-refractivity contribution in [2.45, 2.75) is 89.1 Å². The van der Waals surface area contributed by atoms with Crippen molar-refractivity contribution in [2.24, 2.45) is 0 Å². The van der Waals surface area contributed by atoms with Crippen molar-refractivity contribution in [2.75, 3.05) is 52.5 Å². The highest BCUT2D eigenvalue weighted by atomic mass is 19.4. The Labute approximate surface area is 288 Å². The standard InChI is InChI=1S/C35H46F6N2O7/c1-32(2,21-42-17-13-29(14-18-42)47-27-9-5-25(6-10-27)45-23-34(36,37)38)49-31(44)50-33(3,4)22-43-19-15-30(16-20-43)48-28-11-7-26(8-12-28)46-24-35(39,40)41/h5-12,29-30H,13-24H2,1-4H3. The van der Waals surface area contributed by atoms with Crippen LogP contribution in [0.5, 0.6) is 23.0 Å². The lowest BCUT2D eigenvalue weighted by Crippen LogP contribution is -2.49. The van der Waals surface area contributed by atoms with E-state index in [1.807, 2.05) is 27.7 Å². The number of hydrogen-bond donors (Lipinski definition) is 0. The van der Waals surface area contributed by atoms with Gasteiger partial charge in [0.15, 0.2) is 13.2 Å². The number of piperidine rings is 2. The first-order chi connectivity index (χ1) is 23.3. The zero-order valence-corrected chi connectivity index (χ0v) is 28.8. The zero-order valence-electron chi connectivity index (χ0n) is 28.8. The molecule has 2 aromatic carbocycles. The van der Waals surface area contributed by atoms with Crippen LogP contribution in [-0.4, -0.2) is 104 Å². The van der Waals surface area contributed by atoms with Gasteiger partial charge in [-0.3, -0.25) is 9.80 Å². The summed E-state index contributed by atoms with van der Waals surface area (Å²) in [5, 5.41) is 0. The second kappa shape index (κ2) is 16.6. The van der Waals surface area contributed by atoms with Gasteiger partial charge in [0, 0.05) is 39.3 Å². The number of benzene rings is 2. The molecule has 9 nitrogen and oxygen atoms in total. The van der Waals surface area contributed by atoms with Gasteiger partial charge in [0.05, 0.1) is 0 Å². The van der Waals surface area contributed by atoms with E-state index in [0.29, 0.717) is 50.8 Å². The Hall–Kier alpha value is -3.59. The van der Waals surface area contributed by atoms with Crippen LogP contribution in [0, 0.1) is 0 Å². The fourth-order valence-corrected chi connectivity index (χ4v) is 5.93. The number of halogens is 6. The van der Waals surface area contributed by atoms with E-state index >= 15 is 0 Å². The summed E-state index contributed by atoms with van der Waals surface area (Å²) >= 11 is 0. The molecule has 4 rings (SSSR count). The largest absolute Gasteiger partial charge is 0.509 e. The van der Waals surface area contributed by atoms with Gasteiger partial charge in [-0.2, -0.15) is 26.3 Å². The molecule has 0 radical (unpaired) electrons. The Morgan fingerprint density at radius 3 is 1.18 bits per heavy atom. The highest BCUT2D eigenvalue weighted by molar-refractivity contribution is 5.61. The second-order valence-electron chi connectivity index (χ2n) is 13.9. The molecule has 50 heavy (non-hydrogen) atoms. The van der Waals surface area contributed by atoms with Crippen LogP contribution in [0.25, 0.3) is 0 Å². The summed E-state index contributed by atoms with van der Waals surface area (Å²) in [4.78, 5) is 17.2. The molecule has 2 fully saturated rings. The molecule has 0 amide bonds. The second-order valence-corrected chi connectivity index (χ2v) is 13.9. The third-order valence-corrected chi connectivity index (χ3v) is 8.06. The Morgan fingerprint density at radius 1 is 0.580 bits per heavy atom. The maximum atomic E-state index is 12.8. The van der Waals surface area contributed by atoms with Crippen LogP contribution in [0.2, 0.25) is 0 Å². The molecular weight excluding hydrogens is 674 g/mol. The minimum absolute atomic E-state index is 0.0548. The quantitative estimate of drug-likeness (QED) is 0.144. The van der Waals surface area contributed by atoms with E-state index in [4.69, 9.17) is 28.4 Å². The Morgan fingerprint density at radius 2 is 0.880 bits per heavy atom. The molecule has 2 aliphatic rings. The van der Waals surface area contributed by atoms with Gasteiger partial charge >= 0.3 is 18.5 Å². The molecule has 2 saturated heterocycles. The minimum atomic E-state index is -4.40. The van der Waals surface area contributed by atoms with Crippen LogP contribution in [0.15, 0.2) is 48.5 Å². The predicted molar refractivity (Wildman–Crippen MR) is 172 cm³/mol. The molecule has 0 N–H and O–H groups in total. The van der Waals surface area contributed by atoms with E-state index in [9.17, 15) is 31.1 Å². The number of alkyl halides is 6. The van der Waals surface area contributed by atoms with Gasteiger partial charge in [-0.25, -0.2) is 4.79 Å². The molecule has 2 aromatic rings. The topological polar surface area (TPSA) is 78.9 Å². The highest BCUT2D eigenvalue weighted by Gasteiger charge is 2.34. The fourth-order valence-electron chi connectivity index (χ4n) is 5.93. The van der Waals surface area contributed by atoms with Crippen molar-refractivity contribution >= 4 is 6.16 Å². The van der Waals surface area contributed by atoms with Crippen molar-refractivity contribution in [1.82, 2.24) is 9.80 Å². The van der Waals surface area contributed by atoms with E-state index in [1.165, 1.54) is 24.3 Å². The van der Waals surface area contributed by atoms with Crippen molar-refractivity contribution in [3.05, 3.63) is 48.5 Å². The van der Waals surface area contributed by atoms with Crippen LogP contribution >= 0.6 is 0 Å². The van der Waals surface area contributed by atoms with Crippen molar-refractivity contribution in [1.29, 1.82) is 0 Å². The highest BCUT2D eigenvalue weighted by Crippen LogP contribution is 2.27. The minimum Gasteiger partial charge on any atom is -0.490 e. The first kappa shape index (κ1) is 39.2. The van der Waals surface area contributed by atoms with Gasteiger partial charge in [0.2, 0.25) is 0 Å². The molecular formula is C35H46F6N2O7. The summed E-state index contributed by atoms with van der Waals surface area (Å²) in [6, 6.07) is 12.2. The number of nitrogens with zero attached hydrogens (tertiary/aromatic N) is 2. The van der Waals surface area contributed by atoms with E-state index in [0.717, 1.165) is 25.7 Å². The van der Waals surface area contributed by atoms with Gasteiger partial charge in [0.1, 0.15) is 46.4 Å². The van der Waals surface area contributed by atoms with E-state index in [2.05, 4.69) is 9.80 Å². The molecule has 0 spiro atoms. The van der Waals surface area contributed by atoms with Gasteiger partial charge in [-0.15, -0.1) is 0 Å². The molecule has 0 aliphatic carbocycles. The van der Waals surface area contributed by atoms with Crippen molar-refractivity contribution < 1.29 is 59.6 Å².